The summed E-state index contributed by atoms with van der Waals surface area (Å²) in [5, 5.41) is 15.5. The van der Waals surface area contributed by atoms with Crippen molar-refractivity contribution in [2.45, 2.75) is 76.9 Å². The first-order valence-corrected chi connectivity index (χ1v) is 8.32. The van der Waals surface area contributed by atoms with Crippen LogP contribution in [0.4, 0.5) is 0 Å². The standard InChI is InChI=1S/C16H28N2O3/c1-3-10(2)14(16(20)21)18-15(19)13-9-8-11-6-4-5-7-12(11)17-13/h10-14,17H,3-9H2,1-2H3,(H,18,19)(H,20,21). The van der Waals surface area contributed by atoms with Gasteiger partial charge in [-0.25, -0.2) is 4.79 Å². The number of amides is 1. The number of nitrogens with one attached hydrogen (secondary N) is 2. The van der Waals surface area contributed by atoms with Crippen molar-refractivity contribution in [1.29, 1.82) is 0 Å². The van der Waals surface area contributed by atoms with Gasteiger partial charge in [-0.15, -0.1) is 0 Å². The zero-order valence-electron chi connectivity index (χ0n) is 13.1. The van der Waals surface area contributed by atoms with E-state index in [1.165, 1.54) is 19.3 Å². The molecule has 0 spiro atoms. The highest BCUT2D eigenvalue weighted by molar-refractivity contribution is 5.87. The number of rotatable bonds is 5. The number of aliphatic carboxylic acids is 1. The summed E-state index contributed by atoms with van der Waals surface area (Å²) in [4.78, 5) is 23.7. The molecule has 0 aromatic carbocycles. The monoisotopic (exact) mass is 296 g/mol. The van der Waals surface area contributed by atoms with Crippen molar-refractivity contribution in [3.8, 4) is 0 Å². The zero-order chi connectivity index (χ0) is 15.4. The molecule has 2 aliphatic rings. The predicted molar refractivity (Wildman–Crippen MR) is 80.9 cm³/mol. The fourth-order valence-corrected chi connectivity index (χ4v) is 3.64. The van der Waals surface area contributed by atoms with Gasteiger partial charge in [-0.05, 0) is 37.5 Å². The van der Waals surface area contributed by atoms with Gasteiger partial charge in [0.1, 0.15) is 6.04 Å². The zero-order valence-corrected chi connectivity index (χ0v) is 13.1. The molecule has 21 heavy (non-hydrogen) atoms. The molecule has 0 aromatic heterocycles. The SMILES string of the molecule is CCC(C)C(NC(=O)C1CCC2CCCCC2N1)C(=O)O. The van der Waals surface area contributed by atoms with Crippen LogP contribution in [0.25, 0.3) is 0 Å². The fourth-order valence-electron chi connectivity index (χ4n) is 3.64. The van der Waals surface area contributed by atoms with Crippen LogP contribution in [0.1, 0.15) is 58.8 Å². The lowest BCUT2D eigenvalue weighted by Crippen LogP contribution is -2.57. The molecule has 1 aliphatic carbocycles. The maximum atomic E-state index is 12.4. The molecule has 5 nitrogen and oxygen atoms in total. The number of hydrogen-bond donors (Lipinski definition) is 3. The van der Waals surface area contributed by atoms with Gasteiger partial charge >= 0.3 is 5.97 Å². The first kappa shape index (κ1) is 16.3. The lowest BCUT2D eigenvalue weighted by Gasteiger charge is -2.40. The Kier molecular flexibility index (Phi) is 5.62. The van der Waals surface area contributed by atoms with Gasteiger partial charge in [0, 0.05) is 6.04 Å². The van der Waals surface area contributed by atoms with Crippen LogP contribution in [-0.4, -0.2) is 35.1 Å². The largest absolute Gasteiger partial charge is 0.480 e. The summed E-state index contributed by atoms with van der Waals surface area (Å²) in [6.45, 7) is 3.81. The average Bonchev–Trinajstić information content (AvgIpc) is 2.50. The third kappa shape index (κ3) is 3.96. The average molecular weight is 296 g/mol. The molecular weight excluding hydrogens is 268 g/mol. The van der Waals surface area contributed by atoms with Crippen LogP contribution in [-0.2, 0) is 9.59 Å². The minimum Gasteiger partial charge on any atom is -0.480 e. The van der Waals surface area contributed by atoms with E-state index in [9.17, 15) is 14.7 Å². The minimum absolute atomic E-state index is 0.0579. The van der Waals surface area contributed by atoms with Crippen molar-refractivity contribution in [2.75, 3.05) is 0 Å². The lowest BCUT2D eigenvalue weighted by molar-refractivity contribution is -0.143. The van der Waals surface area contributed by atoms with E-state index >= 15 is 0 Å². The molecule has 0 bridgehead atoms. The summed E-state index contributed by atoms with van der Waals surface area (Å²) >= 11 is 0. The quantitative estimate of drug-likeness (QED) is 0.724. The second-order valence-electron chi connectivity index (χ2n) is 6.66. The molecule has 1 saturated heterocycles. The van der Waals surface area contributed by atoms with E-state index in [1.807, 2.05) is 13.8 Å². The van der Waals surface area contributed by atoms with Crippen LogP contribution in [0.2, 0.25) is 0 Å². The van der Waals surface area contributed by atoms with Gasteiger partial charge in [0.25, 0.3) is 0 Å². The smallest absolute Gasteiger partial charge is 0.326 e. The normalized spacial score (nSPS) is 31.8. The molecule has 120 valence electrons. The molecular formula is C16H28N2O3. The number of fused-ring (bicyclic) bond motifs is 1. The van der Waals surface area contributed by atoms with Crippen molar-refractivity contribution in [2.24, 2.45) is 11.8 Å². The maximum Gasteiger partial charge on any atom is 0.326 e. The summed E-state index contributed by atoms with van der Waals surface area (Å²) in [5.74, 6) is -0.444. The minimum atomic E-state index is -0.941. The molecule has 3 N–H and O–H groups in total. The Morgan fingerprint density at radius 1 is 1.24 bits per heavy atom. The number of carboxylic acid groups (broad SMARTS) is 1. The van der Waals surface area contributed by atoms with Crippen molar-refractivity contribution in [3.63, 3.8) is 0 Å². The van der Waals surface area contributed by atoms with E-state index in [0.29, 0.717) is 12.0 Å². The Hall–Kier alpha value is -1.10. The van der Waals surface area contributed by atoms with Gasteiger partial charge in [0.2, 0.25) is 5.91 Å². The van der Waals surface area contributed by atoms with E-state index in [2.05, 4.69) is 10.6 Å². The van der Waals surface area contributed by atoms with Crippen molar-refractivity contribution in [3.05, 3.63) is 0 Å². The molecule has 5 atom stereocenters. The number of carboxylic acids is 1. The molecule has 5 heteroatoms. The highest BCUT2D eigenvalue weighted by Crippen LogP contribution is 2.32. The third-order valence-electron chi connectivity index (χ3n) is 5.24. The Morgan fingerprint density at radius 3 is 2.62 bits per heavy atom. The predicted octanol–water partition coefficient (Wildman–Crippen LogP) is 1.91. The van der Waals surface area contributed by atoms with Crippen molar-refractivity contribution >= 4 is 11.9 Å². The Morgan fingerprint density at radius 2 is 1.95 bits per heavy atom. The van der Waals surface area contributed by atoms with Crippen LogP contribution in [0.15, 0.2) is 0 Å². The van der Waals surface area contributed by atoms with Gasteiger partial charge in [0.05, 0.1) is 6.04 Å². The van der Waals surface area contributed by atoms with E-state index in [1.54, 1.807) is 0 Å². The van der Waals surface area contributed by atoms with Crippen molar-refractivity contribution in [1.82, 2.24) is 10.6 Å². The highest BCUT2D eigenvalue weighted by Gasteiger charge is 2.36. The summed E-state index contributed by atoms with van der Waals surface area (Å²) in [5.41, 5.74) is 0. The summed E-state index contributed by atoms with van der Waals surface area (Å²) < 4.78 is 0. The number of carbonyl (C=O) groups is 2. The molecule has 0 aromatic rings. The topological polar surface area (TPSA) is 78.4 Å². The van der Waals surface area contributed by atoms with Crippen LogP contribution >= 0.6 is 0 Å². The third-order valence-corrected chi connectivity index (χ3v) is 5.24. The van der Waals surface area contributed by atoms with Crippen LogP contribution in [0.5, 0.6) is 0 Å². The van der Waals surface area contributed by atoms with Gasteiger partial charge < -0.3 is 15.7 Å². The molecule has 1 aliphatic heterocycles. The van der Waals surface area contributed by atoms with E-state index in [-0.39, 0.29) is 17.9 Å². The lowest BCUT2D eigenvalue weighted by atomic mass is 9.77. The number of piperidine rings is 1. The summed E-state index contributed by atoms with van der Waals surface area (Å²) in [6, 6.07) is -0.571. The van der Waals surface area contributed by atoms with Crippen LogP contribution in [0, 0.1) is 11.8 Å². The first-order valence-electron chi connectivity index (χ1n) is 8.32. The molecule has 2 rings (SSSR count). The summed E-state index contributed by atoms with van der Waals surface area (Å²) in [7, 11) is 0. The number of carbonyl (C=O) groups excluding carboxylic acids is 1. The van der Waals surface area contributed by atoms with Gasteiger partial charge in [0.15, 0.2) is 0 Å². The van der Waals surface area contributed by atoms with Crippen LogP contribution < -0.4 is 10.6 Å². The van der Waals surface area contributed by atoms with E-state index in [4.69, 9.17) is 0 Å². The molecule has 1 saturated carbocycles. The molecule has 5 unspecified atom stereocenters. The van der Waals surface area contributed by atoms with Gasteiger partial charge in [-0.1, -0.05) is 33.1 Å². The Balaban J connectivity index is 1.92. The Labute approximate surface area is 126 Å². The second kappa shape index (κ2) is 7.25. The van der Waals surface area contributed by atoms with Gasteiger partial charge in [-0.2, -0.15) is 0 Å². The molecule has 1 heterocycles. The van der Waals surface area contributed by atoms with E-state index in [0.717, 1.165) is 25.7 Å². The molecule has 1 amide bonds. The van der Waals surface area contributed by atoms with Crippen molar-refractivity contribution < 1.29 is 14.7 Å². The summed E-state index contributed by atoms with van der Waals surface area (Å²) in [6.07, 6.45) is 7.57. The highest BCUT2D eigenvalue weighted by atomic mass is 16.4. The number of hydrogen-bond acceptors (Lipinski definition) is 3. The first-order chi connectivity index (χ1) is 10.0. The maximum absolute atomic E-state index is 12.4. The van der Waals surface area contributed by atoms with Gasteiger partial charge in [-0.3, -0.25) is 4.79 Å². The molecule has 0 radical (unpaired) electrons. The van der Waals surface area contributed by atoms with E-state index < -0.39 is 12.0 Å². The molecule has 2 fully saturated rings. The second-order valence-corrected chi connectivity index (χ2v) is 6.66. The fraction of sp³-hybridized carbons (Fsp3) is 0.875. The Bertz CT molecular complexity index is 386. The van der Waals surface area contributed by atoms with Crippen LogP contribution in [0.3, 0.4) is 0 Å².